The van der Waals surface area contributed by atoms with E-state index in [4.69, 9.17) is 17.2 Å². The number of likely N-dealkylation sites (tertiary alicyclic amines) is 1. The number of H-pyrrole nitrogens is 2. The fourth-order valence-corrected chi connectivity index (χ4v) is 4.90. The van der Waals surface area contributed by atoms with E-state index in [0.29, 0.717) is 17.7 Å². The Morgan fingerprint density at radius 1 is 1.28 bits per heavy atom. The number of nitrogens with one attached hydrogen (secondary N) is 2. The number of amides is 1. The van der Waals surface area contributed by atoms with Gasteiger partial charge in [-0.2, -0.15) is 5.10 Å². The number of carbonyl (C=O) groups is 1. The van der Waals surface area contributed by atoms with E-state index in [-0.39, 0.29) is 11.9 Å². The first-order valence-corrected chi connectivity index (χ1v) is 10.9. The van der Waals surface area contributed by atoms with Crippen molar-refractivity contribution < 1.29 is 4.79 Å². The first-order valence-electron chi connectivity index (χ1n) is 9.64. The predicted octanol–water partition coefficient (Wildman–Crippen LogP) is 4.30. The Bertz CT molecular complexity index is 1170. The molecule has 5 rings (SSSR count). The average Bonchev–Trinajstić information content (AvgIpc) is 3.51. The summed E-state index contributed by atoms with van der Waals surface area (Å²) in [6, 6.07) is 12.0. The van der Waals surface area contributed by atoms with Crippen LogP contribution in [0.15, 0.2) is 41.8 Å². The number of fused-ring (bicyclic) bond motifs is 1. The lowest BCUT2D eigenvalue weighted by Gasteiger charge is -2.23. The lowest BCUT2D eigenvalue weighted by atomic mass is 10.2. The van der Waals surface area contributed by atoms with Crippen LogP contribution in [0.4, 0.5) is 0 Å². The van der Waals surface area contributed by atoms with E-state index >= 15 is 0 Å². The zero-order chi connectivity index (χ0) is 19.8. The maximum atomic E-state index is 13.1. The molecule has 7 nitrogen and oxygen atoms in total. The van der Waals surface area contributed by atoms with Gasteiger partial charge in [0.15, 0.2) is 10.6 Å². The quantitative estimate of drug-likeness (QED) is 0.468. The molecule has 2 N–H and O–H groups in total. The van der Waals surface area contributed by atoms with Gasteiger partial charge in [0.25, 0.3) is 0 Å². The maximum Gasteiger partial charge on any atom is 0.224 e. The van der Waals surface area contributed by atoms with Crippen molar-refractivity contribution in [2.45, 2.75) is 31.8 Å². The zero-order valence-electron chi connectivity index (χ0n) is 15.7. The Balaban J connectivity index is 1.33. The van der Waals surface area contributed by atoms with Crippen LogP contribution in [0.3, 0.4) is 0 Å². The lowest BCUT2D eigenvalue weighted by Crippen LogP contribution is -2.31. The van der Waals surface area contributed by atoms with E-state index in [1.807, 2.05) is 51.2 Å². The van der Waals surface area contributed by atoms with Gasteiger partial charge in [-0.1, -0.05) is 18.2 Å². The Labute approximate surface area is 176 Å². The summed E-state index contributed by atoms with van der Waals surface area (Å²) in [5, 5.41) is 9.19. The predicted molar refractivity (Wildman–Crippen MR) is 115 cm³/mol. The van der Waals surface area contributed by atoms with Gasteiger partial charge in [0, 0.05) is 19.5 Å². The number of imidazole rings is 1. The number of para-hydroxylation sites is 2. The van der Waals surface area contributed by atoms with Crippen molar-refractivity contribution in [1.82, 2.24) is 29.6 Å². The van der Waals surface area contributed by atoms with E-state index in [1.165, 1.54) is 0 Å². The second kappa shape index (κ2) is 7.57. The summed E-state index contributed by atoms with van der Waals surface area (Å²) < 4.78 is 2.45. The molecule has 0 spiro atoms. The summed E-state index contributed by atoms with van der Waals surface area (Å²) in [7, 11) is 0. The maximum absolute atomic E-state index is 13.1. The molecule has 1 saturated heterocycles. The molecule has 1 aromatic carbocycles. The van der Waals surface area contributed by atoms with E-state index in [2.05, 4.69) is 15.2 Å². The molecule has 4 aromatic rings. The van der Waals surface area contributed by atoms with Crippen LogP contribution >= 0.6 is 23.6 Å². The molecule has 0 radical (unpaired) electrons. The molecule has 0 aliphatic carbocycles. The van der Waals surface area contributed by atoms with Crippen LogP contribution < -0.4 is 0 Å². The minimum atomic E-state index is 0.00369. The first kappa shape index (κ1) is 18.3. The van der Waals surface area contributed by atoms with Crippen LogP contribution in [0.1, 0.15) is 31.1 Å². The van der Waals surface area contributed by atoms with Crippen LogP contribution in [-0.2, 0) is 11.3 Å². The van der Waals surface area contributed by atoms with Crippen molar-refractivity contribution in [2.75, 3.05) is 6.54 Å². The molecule has 1 fully saturated rings. The van der Waals surface area contributed by atoms with E-state index in [9.17, 15) is 4.79 Å². The fraction of sp³-hybridized carbons (Fsp3) is 0.300. The summed E-state index contributed by atoms with van der Waals surface area (Å²) in [5.41, 5.74) is 1.94. The SMILES string of the molecule is O=C(CCn1c(-c2cccs2)n[nH]c1=S)N1CCCC1c1nc2ccccc2[nH]1. The minimum absolute atomic E-state index is 0.00369. The number of aromatic nitrogens is 5. The fourth-order valence-electron chi connectivity index (χ4n) is 3.95. The molecular formula is C20H20N6OS2. The van der Waals surface area contributed by atoms with Gasteiger partial charge >= 0.3 is 0 Å². The molecule has 9 heteroatoms. The molecule has 3 aromatic heterocycles. The number of thiophene rings is 1. The van der Waals surface area contributed by atoms with Crippen molar-refractivity contribution in [3.63, 3.8) is 0 Å². The third kappa shape index (κ3) is 3.40. The molecule has 1 amide bonds. The molecule has 1 aliphatic heterocycles. The highest BCUT2D eigenvalue weighted by Gasteiger charge is 2.32. The van der Waals surface area contributed by atoms with Gasteiger partial charge in [-0.25, -0.2) is 4.98 Å². The zero-order valence-corrected chi connectivity index (χ0v) is 17.3. The molecule has 1 unspecified atom stereocenters. The molecule has 148 valence electrons. The summed E-state index contributed by atoms with van der Waals surface area (Å²) in [6.45, 7) is 1.26. The normalized spacial score (nSPS) is 16.7. The third-order valence-corrected chi connectivity index (χ3v) is 6.52. The Morgan fingerprint density at radius 2 is 2.17 bits per heavy atom. The third-order valence-electron chi connectivity index (χ3n) is 5.35. The Morgan fingerprint density at radius 3 is 3.00 bits per heavy atom. The van der Waals surface area contributed by atoms with Gasteiger partial charge in [0.1, 0.15) is 5.82 Å². The number of hydrogen-bond donors (Lipinski definition) is 2. The largest absolute Gasteiger partial charge is 0.340 e. The number of rotatable bonds is 5. The van der Waals surface area contributed by atoms with Gasteiger partial charge in [-0.3, -0.25) is 14.5 Å². The van der Waals surface area contributed by atoms with Gasteiger partial charge in [0.2, 0.25) is 5.91 Å². The second-order valence-electron chi connectivity index (χ2n) is 7.12. The van der Waals surface area contributed by atoms with Crippen LogP contribution in [0, 0.1) is 4.77 Å². The highest BCUT2D eigenvalue weighted by Crippen LogP contribution is 2.32. The van der Waals surface area contributed by atoms with Crippen molar-refractivity contribution in [3.8, 4) is 10.7 Å². The van der Waals surface area contributed by atoms with Crippen LogP contribution in [0.25, 0.3) is 21.7 Å². The van der Waals surface area contributed by atoms with E-state index < -0.39 is 0 Å². The average molecular weight is 425 g/mol. The molecule has 0 bridgehead atoms. The first-order chi connectivity index (χ1) is 14.2. The van der Waals surface area contributed by atoms with E-state index in [0.717, 1.165) is 46.9 Å². The second-order valence-corrected chi connectivity index (χ2v) is 8.45. The summed E-state index contributed by atoms with van der Waals surface area (Å²) in [4.78, 5) is 24.1. The lowest BCUT2D eigenvalue weighted by molar-refractivity contribution is -0.132. The topological polar surface area (TPSA) is 82.6 Å². The highest BCUT2D eigenvalue weighted by atomic mass is 32.1. The Hall–Kier alpha value is -2.78. The molecule has 1 atom stereocenters. The monoisotopic (exact) mass is 424 g/mol. The molecule has 29 heavy (non-hydrogen) atoms. The van der Waals surface area contributed by atoms with Crippen molar-refractivity contribution in [1.29, 1.82) is 0 Å². The number of hydrogen-bond acceptors (Lipinski definition) is 5. The van der Waals surface area contributed by atoms with Gasteiger partial charge in [-0.05, 0) is 48.6 Å². The smallest absolute Gasteiger partial charge is 0.224 e. The minimum Gasteiger partial charge on any atom is -0.340 e. The standard InChI is InChI=1S/C20H20N6OS2/c27-17(9-11-26-19(23-24-20(26)28)16-8-4-12-29-16)25-10-3-7-15(25)18-21-13-5-1-2-6-14(13)22-18/h1-2,4-6,8,12,15H,3,7,9-11H2,(H,21,22)(H,24,28). The number of aromatic amines is 2. The van der Waals surface area contributed by atoms with Crippen LogP contribution in [0.5, 0.6) is 0 Å². The number of carbonyl (C=O) groups excluding carboxylic acids is 1. The van der Waals surface area contributed by atoms with Crippen LogP contribution in [0.2, 0.25) is 0 Å². The summed E-state index contributed by atoms with van der Waals surface area (Å²) >= 11 is 6.99. The Kier molecular flexibility index (Phi) is 4.76. The molecule has 1 aliphatic rings. The van der Waals surface area contributed by atoms with Crippen LogP contribution in [-0.4, -0.2) is 42.1 Å². The van der Waals surface area contributed by atoms with Crippen molar-refractivity contribution in [2.24, 2.45) is 0 Å². The van der Waals surface area contributed by atoms with Crippen molar-refractivity contribution in [3.05, 3.63) is 52.4 Å². The van der Waals surface area contributed by atoms with E-state index in [1.54, 1.807) is 11.3 Å². The highest BCUT2D eigenvalue weighted by molar-refractivity contribution is 7.71. The van der Waals surface area contributed by atoms with Gasteiger partial charge < -0.3 is 9.88 Å². The van der Waals surface area contributed by atoms with Crippen molar-refractivity contribution >= 4 is 40.5 Å². The van der Waals surface area contributed by atoms with Gasteiger partial charge in [0.05, 0.1) is 22.0 Å². The summed E-state index contributed by atoms with van der Waals surface area (Å²) in [6.07, 6.45) is 2.29. The molecule has 0 saturated carbocycles. The molecular weight excluding hydrogens is 404 g/mol. The molecule has 4 heterocycles. The number of nitrogens with zero attached hydrogens (tertiary/aromatic N) is 4. The van der Waals surface area contributed by atoms with Gasteiger partial charge in [-0.15, -0.1) is 11.3 Å². The summed E-state index contributed by atoms with van der Waals surface area (Å²) in [5.74, 6) is 1.78. The number of benzene rings is 1.